The second-order valence-corrected chi connectivity index (χ2v) is 3.34. The number of benzene rings is 1. The zero-order valence-corrected chi connectivity index (χ0v) is 7.70. The maximum Gasteiger partial charge on any atom is 0.127 e. The molecule has 2 aromatic rings. The van der Waals surface area contributed by atoms with Crippen LogP contribution in [0.5, 0.6) is 0 Å². The van der Waals surface area contributed by atoms with Crippen molar-refractivity contribution in [2.75, 3.05) is 6.61 Å². The molecule has 2 nitrogen and oxygen atoms in total. The van der Waals surface area contributed by atoms with Gasteiger partial charge in [-0.1, -0.05) is 18.2 Å². The van der Waals surface area contributed by atoms with Crippen molar-refractivity contribution in [2.45, 2.75) is 12.6 Å². The van der Waals surface area contributed by atoms with E-state index in [0.717, 1.165) is 16.5 Å². The minimum absolute atomic E-state index is 0.264. The molecule has 0 saturated heterocycles. The first-order chi connectivity index (χ1) is 6.81. The molecule has 1 atom stereocenters. The summed E-state index contributed by atoms with van der Waals surface area (Å²) in [5, 5.41) is 9.65. The number of alkyl halides is 1. The number of hydrogen-bond donors (Lipinski definition) is 2. The van der Waals surface area contributed by atoms with Crippen LogP contribution in [0.1, 0.15) is 5.56 Å². The van der Waals surface area contributed by atoms with Crippen LogP contribution in [0.2, 0.25) is 0 Å². The van der Waals surface area contributed by atoms with Crippen molar-refractivity contribution in [3.63, 3.8) is 0 Å². The lowest BCUT2D eigenvalue weighted by Crippen LogP contribution is -2.09. The standard InChI is InChI=1S/C11H12FNO/c12-9(7-14)5-8-6-13-11-4-2-1-3-10(8)11/h1-4,6,9,13-14H,5,7H2. The van der Waals surface area contributed by atoms with Gasteiger partial charge in [0.05, 0.1) is 6.61 Å². The third kappa shape index (κ3) is 1.63. The lowest BCUT2D eigenvalue weighted by molar-refractivity contribution is 0.178. The summed E-state index contributed by atoms with van der Waals surface area (Å²) in [6.45, 7) is -0.417. The van der Waals surface area contributed by atoms with Crippen LogP contribution in [0.4, 0.5) is 4.39 Å². The predicted molar refractivity (Wildman–Crippen MR) is 54.0 cm³/mol. The second-order valence-electron chi connectivity index (χ2n) is 3.34. The Morgan fingerprint density at radius 3 is 2.93 bits per heavy atom. The van der Waals surface area contributed by atoms with Crippen molar-refractivity contribution in [1.29, 1.82) is 0 Å². The molecule has 1 aromatic carbocycles. The lowest BCUT2D eigenvalue weighted by atomic mass is 10.1. The number of aromatic amines is 1. The molecule has 1 heterocycles. The van der Waals surface area contributed by atoms with Gasteiger partial charge in [-0.2, -0.15) is 0 Å². The summed E-state index contributed by atoms with van der Waals surface area (Å²) in [6, 6.07) is 7.75. The minimum atomic E-state index is -1.17. The number of fused-ring (bicyclic) bond motifs is 1. The van der Waals surface area contributed by atoms with Gasteiger partial charge in [0.15, 0.2) is 0 Å². The molecule has 0 amide bonds. The van der Waals surface area contributed by atoms with Gasteiger partial charge in [0.2, 0.25) is 0 Å². The van der Waals surface area contributed by atoms with Gasteiger partial charge in [-0.25, -0.2) is 4.39 Å². The van der Waals surface area contributed by atoms with Crippen LogP contribution in [0, 0.1) is 0 Å². The van der Waals surface area contributed by atoms with Crippen molar-refractivity contribution in [3.8, 4) is 0 Å². The van der Waals surface area contributed by atoms with E-state index in [-0.39, 0.29) is 6.42 Å². The quantitative estimate of drug-likeness (QED) is 0.768. The molecule has 0 fully saturated rings. The highest BCUT2D eigenvalue weighted by Gasteiger charge is 2.09. The molecule has 0 aliphatic rings. The number of halogens is 1. The average Bonchev–Trinajstić information content (AvgIpc) is 2.62. The number of para-hydroxylation sites is 1. The van der Waals surface area contributed by atoms with Gasteiger partial charge in [-0.3, -0.25) is 0 Å². The fourth-order valence-corrected chi connectivity index (χ4v) is 1.60. The molecule has 0 aliphatic carbocycles. The minimum Gasteiger partial charge on any atom is -0.393 e. The Hall–Kier alpha value is -1.35. The van der Waals surface area contributed by atoms with E-state index >= 15 is 0 Å². The zero-order chi connectivity index (χ0) is 9.97. The van der Waals surface area contributed by atoms with E-state index in [1.807, 2.05) is 24.3 Å². The van der Waals surface area contributed by atoms with Crippen LogP contribution in [-0.2, 0) is 6.42 Å². The smallest absolute Gasteiger partial charge is 0.127 e. The summed E-state index contributed by atoms with van der Waals surface area (Å²) in [5.74, 6) is 0. The average molecular weight is 193 g/mol. The normalized spacial score (nSPS) is 13.3. The van der Waals surface area contributed by atoms with E-state index in [4.69, 9.17) is 5.11 Å². The Morgan fingerprint density at radius 2 is 2.14 bits per heavy atom. The summed E-state index contributed by atoms with van der Waals surface area (Å²) < 4.78 is 13.0. The molecule has 1 unspecified atom stereocenters. The van der Waals surface area contributed by atoms with Crippen molar-refractivity contribution < 1.29 is 9.50 Å². The van der Waals surface area contributed by atoms with E-state index < -0.39 is 12.8 Å². The molecule has 2 rings (SSSR count). The largest absolute Gasteiger partial charge is 0.393 e. The predicted octanol–water partition coefficient (Wildman–Crippen LogP) is 2.04. The fraction of sp³-hybridized carbons (Fsp3) is 0.273. The van der Waals surface area contributed by atoms with Crippen LogP contribution in [-0.4, -0.2) is 22.9 Å². The highest BCUT2D eigenvalue weighted by Crippen LogP contribution is 2.19. The highest BCUT2D eigenvalue weighted by molar-refractivity contribution is 5.83. The first kappa shape index (κ1) is 9.21. The van der Waals surface area contributed by atoms with Crippen LogP contribution in [0.25, 0.3) is 10.9 Å². The number of hydrogen-bond acceptors (Lipinski definition) is 1. The maximum atomic E-state index is 13.0. The zero-order valence-electron chi connectivity index (χ0n) is 7.70. The maximum absolute atomic E-state index is 13.0. The Kier molecular flexibility index (Phi) is 2.50. The Labute approximate surface area is 81.4 Å². The third-order valence-corrected chi connectivity index (χ3v) is 2.31. The van der Waals surface area contributed by atoms with Gasteiger partial charge in [0.25, 0.3) is 0 Å². The molecule has 0 radical (unpaired) electrons. The number of aliphatic hydroxyl groups excluding tert-OH is 1. The topological polar surface area (TPSA) is 36.0 Å². The van der Waals surface area contributed by atoms with Crippen LogP contribution < -0.4 is 0 Å². The van der Waals surface area contributed by atoms with Gasteiger partial charge in [-0.15, -0.1) is 0 Å². The molecule has 74 valence electrons. The molecule has 1 aromatic heterocycles. The van der Waals surface area contributed by atoms with Gasteiger partial charge >= 0.3 is 0 Å². The molecule has 2 N–H and O–H groups in total. The summed E-state index contributed by atoms with van der Waals surface area (Å²) in [6.07, 6.45) is 0.891. The van der Waals surface area contributed by atoms with E-state index in [1.54, 1.807) is 6.20 Å². The molecule has 0 bridgehead atoms. The summed E-state index contributed by atoms with van der Waals surface area (Å²) in [4.78, 5) is 3.07. The Morgan fingerprint density at radius 1 is 1.36 bits per heavy atom. The Balaban J connectivity index is 2.33. The molecule has 0 aliphatic heterocycles. The summed E-state index contributed by atoms with van der Waals surface area (Å²) >= 11 is 0. The van der Waals surface area contributed by atoms with E-state index in [1.165, 1.54) is 0 Å². The monoisotopic (exact) mass is 193 g/mol. The summed E-state index contributed by atoms with van der Waals surface area (Å²) in [5.41, 5.74) is 1.93. The van der Waals surface area contributed by atoms with Crippen molar-refractivity contribution in [1.82, 2.24) is 4.98 Å². The fourth-order valence-electron chi connectivity index (χ4n) is 1.60. The second kappa shape index (κ2) is 3.80. The molecule has 14 heavy (non-hydrogen) atoms. The van der Waals surface area contributed by atoms with E-state index in [9.17, 15) is 4.39 Å². The van der Waals surface area contributed by atoms with Crippen molar-refractivity contribution in [2.24, 2.45) is 0 Å². The SMILES string of the molecule is OCC(F)Cc1c[nH]c2ccccc12. The Bertz CT molecular complexity index is 424. The molecular weight excluding hydrogens is 181 g/mol. The number of nitrogens with one attached hydrogen (secondary N) is 1. The van der Waals surface area contributed by atoms with Crippen LogP contribution in [0.15, 0.2) is 30.5 Å². The van der Waals surface area contributed by atoms with Gasteiger partial charge in [0.1, 0.15) is 6.17 Å². The summed E-state index contributed by atoms with van der Waals surface area (Å²) in [7, 11) is 0. The van der Waals surface area contributed by atoms with Crippen molar-refractivity contribution >= 4 is 10.9 Å². The first-order valence-corrected chi connectivity index (χ1v) is 4.61. The number of aliphatic hydroxyl groups is 1. The van der Waals surface area contributed by atoms with Gasteiger partial charge < -0.3 is 10.1 Å². The highest BCUT2D eigenvalue weighted by atomic mass is 19.1. The number of aromatic nitrogens is 1. The number of rotatable bonds is 3. The van der Waals surface area contributed by atoms with E-state index in [0.29, 0.717) is 0 Å². The molecule has 0 saturated carbocycles. The van der Waals surface area contributed by atoms with Gasteiger partial charge in [0, 0.05) is 23.5 Å². The van der Waals surface area contributed by atoms with Crippen LogP contribution in [0.3, 0.4) is 0 Å². The molecule has 0 spiro atoms. The van der Waals surface area contributed by atoms with Crippen LogP contribution >= 0.6 is 0 Å². The third-order valence-electron chi connectivity index (χ3n) is 2.31. The molecule has 3 heteroatoms. The number of H-pyrrole nitrogens is 1. The molecular formula is C11H12FNO. The van der Waals surface area contributed by atoms with Gasteiger partial charge in [-0.05, 0) is 11.6 Å². The van der Waals surface area contributed by atoms with E-state index in [2.05, 4.69) is 4.98 Å². The first-order valence-electron chi connectivity index (χ1n) is 4.61. The van der Waals surface area contributed by atoms with Crippen molar-refractivity contribution in [3.05, 3.63) is 36.0 Å². The lowest BCUT2D eigenvalue weighted by Gasteiger charge is -2.02.